The summed E-state index contributed by atoms with van der Waals surface area (Å²) >= 11 is 5.03. The van der Waals surface area contributed by atoms with Gasteiger partial charge >= 0.3 is 0 Å². The Morgan fingerprint density at radius 3 is 2.62 bits per heavy atom. The molecule has 126 valence electrons. The Kier molecular flexibility index (Phi) is 6.51. The van der Waals surface area contributed by atoms with Crippen molar-refractivity contribution in [2.75, 3.05) is 11.9 Å². The molecule has 2 aromatic carbocycles. The molecule has 0 aliphatic heterocycles. The van der Waals surface area contributed by atoms with Gasteiger partial charge in [0.15, 0.2) is 5.11 Å². The SMILES string of the molecule is Cc1cccc(OCCC(=O)NNC(=S)Nc2ccc(F)cc2)c1. The summed E-state index contributed by atoms with van der Waals surface area (Å²) in [5.41, 5.74) is 6.75. The van der Waals surface area contributed by atoms with E-state index in [9.17, 15) is 9.18 Å². The van der Waals surface area contributed by atoms with Gasteiger partial charge in [0.25, 0.3) is 0 Å². The number of aryl methyl sites for hydroxylation is 1. The first-order chi connectivity index (χ1) is 11.5. The van der Waals surface area contributed by atoms with E-state index in [4.69, 9.17) is 17.0 Å². The predicted molar refractivity (Wildman–Crippen MR) is 95.2 cm³/mol. The fourth-order valence-corrected chi connectivity index (χ4v) is 2.02. The van der Waals surface area contributed by atoms with Gasteiger partial charge in [-0.2, -0.15) is 0 Å². The van der Waals surface area contributed by atoms with Crippen molar-refractivity contribution in [3.05, 3.63) is 59.9 Å². The van der Waals surface area contributed by atoms with Crippen LogP contribution < -0.4 is 20.9 Å². The van der Waals surface area contributed by atoms with Gasteiger partial charge in [0.2, 0.25) is 5.91 Å². The summed E-state index contributed by atoms with van der Waals surface area (Å²) in [6.45, 7) is 2.23. The first kappa shape index (κ1) is 17.7. The maximum Gasteiger partial charge on any atom is 0.241 e. The second kappa shape index (κ2) is 8.83. The average Bonchev–Trinajstić information content (AvgIpc) is 2.55. The lowest BCUT2D eigenvalue weighted by Crippen LogP contribution is -2.44. The molecule has 0 bridgehead atoms. The largest absolute Gasteiger partial charge is 0.493 e. The highest BCUT2D eigenvalue weighted by atomic mass is 32.1. The number of benzene rings is 2. The number of amides is 1. The molecule has 0 unspecified atom stereocenters. The van der Waals surface area contributed by atoms with Crippen molar-refractivity contribution in [1.82, 2.24) is 10.9 Å². The van der Waals surface area contributed by atoms with Crippen molar-refractivity contribution in [2.24, 2.45) is 0 Å². The predicted octanol–water partition coefficient (Wildman–Crippen LogP) is 2.92. The third-order valence-corrected chi connectivity index (χ3v) is 3.21. The van der Waals surface area contributed by atoms with Crippen LogP contribution in [0.2, 0.25) is 0 Å². The van der Waals surface area contributed by atoms with Crippen LogP contribution in [0.25, 0.3) is 0 Å². The number of hydrogen-bond donors (Lipinski definition) is 3. The summed E-state index contributed by atoms with van der Waals surface area (Å²) in [4.78, 5) is 11.7. The minimum absolute atomic E-state index is 0.181. The highest BCUT2D eigenvalue weighted by Gasteiger charge is 2.03. The number of hydrogen-bond acceptors (Lipinski definition) is 3. The van der Waals surface area contributed by atoms with Crippen LogP contribution in [0, 0.1) is 12.7 Å². The third-order valence-electron chi connectivity index (χ3n) is 3.00. The molecule has 0 aliphatic rings. The number of ether oxygens (including phenoxy) is 1. The van der Waals surface area contributed by atoms with Crippen molar-refractivity contribution in [1.29, 1.82) is 0 Å². The van der Waals surface area contributed by atoms with E-state index in [1.807, 2.05) is 31.2 Å². The van der Waals surface area contributed by atoms with Crippen LogP contribution >= 0.6 is 12.2 Å². The Morgan fingerprint density at radius 1 is 1.17 bits per heavy atom. The summed E-state index contributed by atoms with van der Waals surface area (Å²) in [6.07, 6.45) is 0.181. The summed E-state index contributed by atoms with van der Waals surface area (Å²) in [5, 5.41) is 3.02. The lowest BCUT2D eigenvalue weighted by molar-refractivity contribution is -0.122. The molecule has 0 radical (unpaired) electrons. The quantitative estimate of drug-likeness (QED) is 0.573. The van der Waals surface area contributed by atoms with Gasteiger partial charge in [-0.25, -0.2) is 4.39 Å². The third kappa shape index (κ3) is 6.21. The van der Waals surface area contributed by atoms with Crippen LogP contribution in [0.4, 0.5) is 10.1 Å². The van der Waals surface area contributed by atoms with Crippen LogP contribution in [0.5, 0.6) is 5.75 Å². The molecule has 0 heterocycles. The fourth-order valence-electron chi connectivity index (χ4n) is 1.85. The molecule has 0 saturated heterocycles. The van der Waals surface area contributed by atoms with Crippen LogP contribution in [-0.4, -0.2) is 17.6 Å². The Morgan fingerprint density at radius 2 is 1.92 bits per heavy atom. The molecular weight excluding hydrogens is 329 g/mol. The maximum absolute atomic E-state index is 12.8. The van der Waals surface area contributed by atoms with E-state index in [1.54, 1.807) is 12.1 Å². The van der Waals surface area contributed by atoms with Gasteiger partial charge in [-0.15, -0.1) is 0 Å². The zero-order chi connectivity index (χ0) is 17.4. The number of hydrazine groups is 1. The summed E-state index contributed by atoms with van der Waals surface area (Å²) in [6, 6.07) is 13.3. The molecule has 0 aliphatic carbocycles. The van der Waals surface area contributed by atoms with E-state index in [2.05, 4.69) is 16.2 Å². The van der Waals surface area contributed by atoms with Gasteiger partial charge in [-0.3, -0.25) is 15.6 Å². The first-order valence-corrected chi connectivity index (χ1v) is 7.74. The Labute approximate surface area is 145 Å². The Hall–Kier alpha value is -2.67. The van der Waals surface area contributed by atoms with Gasteiger partial charge in [-0.05, 0) is 61.1 Å². The summed E-state index contributed by atoms with van der Waals surface area (Å²) < 4.78 is 18.3. The van der Waals surface area contributed by atoms with Crippen LogP contribution in [-0.2, 0) is 4.79 Å². The Balaban J connectivity index is 1.65. The van der Waals surface area contributed by atoms with E-state index in [1.165, 1.54) is 12.1 Å². The van der Waals surface area contributed by atoms with Crippen molar-refractivity contribution in [3.8, 4) is 5.75 Å². The molecular formula is C17H18FN3O2S. The van der Waals surface area contributed by atoms with E-state index in [0.29, 0.717) is 5.69 Å². The molecule has 0 saturated carbocycles. The van der Waals surface area contributed by atoms with Crippen molar-refractivity contribution >= 4 is 28.9 Å². The number of carbonyl (C=O) groups is 1. The molecule has 0 aromatic heterocycles. The van der Waals surface area contributed by atoms with E-state index < -0.39 is 0 Å². The molecule has 2 rings (SSSR count). The second-order valence-corrected chi connectivity index (χ2v) is 5.46. The summed E-state index contributed by atoms with van der Waals surface area (Å²) in [7, 11) is 0. The minimum atomic E-state index is -0.332. The highest BCUT2D eigenvalue weighted by Crippen LogP contribution is 2.12. The molecule has 0 spiro atoms. The number of anilines is 1. The van der Waals surface area contributed by atoms with Crippen molar-refractivity contribution < 1.29 is 13.9 Å². The van der Waals surface area contributed by atoms with E-state index in [-0.39, 0.29) is 29.9 Å². The zero-order valence-electron chi connectivity index (χ0n) is 13.1. The monoisotopic (exact) mass is 347 g/mol. The molecule has 0 atom stereocenters. The number of carbonyl (C=O) groups excluding carboxylic acids is 1. The van der Waals surface area contributed by atoms with Gasteiger partial charge in [0, 0.05) is 5.69 Å². The van der Waals surface area contributed by atoms with Crippen LogP contribution in [0.1, 0.15) is 12.0 Å². The van der Waals surface area contributed by atoms with E-state index in [0.717, 1.165) is 11.3 Å². The molecule has 1 amide bonds. The normalized spacial score (nSPS) is 9.92. The number of rotatable bonds is 5. The van der Waals surface area contributed by atoms with Gasteiger partial charge in [-0.1, -0.05) is 12.1 Å². The topological polar surface area (TPSA) is 62.4 Å². The molecule has 24 heavy (non-hydrogen) atoms. The lowest BCUT2D eigenvalue weighted by atomic mass is 10.2. The smallest absolute Gasteiger partial charge is 0.241 e. The maximum atomic E-state index is 12.8. The zero-order valence-corrected chi connectivity index (χ0v) is 14.0. The minimum Gasteiger partial charge on any atom is -0.493 e. The Bertz CT molecular complexity index is 707. The van der Waals surface area contributed by atoms with Gasteiger partial charge in [0.05, 0.1) is 13.0 Å². The van der Waals surface area contributed by atoms with Crippen molar-refractivity contribution in [2.45, 2.75) is 13.3 Å². The van der Waals surface area contributed by atoms with Crippen LogP contribution in [0.15, 0.2) is 48.5 Å². The highest BCUT2D eigenvalue weighted by molar-refractivity contribution is 7.80. The standard InChI is InChI=1S/C17H18FN3O2S/c1-12-3-2-4-15(11-12)23-10-9-16(22)20-21-17(24)19-14-7-5-13(18)6-8-14/h2-8,11H,9-10H2,1H3,(H,20,22)(H2,19,21,24). The second-order valence-electron chi connectivity index (χ2n) is 5.05. The van der Waals surface area contributed by atoms with Gasteiger partial charge in [0.1, 0.15) is 11.6 Å². The molecule has 7 heteroatoms. The molecule has 5 nitrogen and oxygen atoms in total. The molecule has 3 N–H and O–H groups in total. The lowest BCUT2D eigenvalue weighted by Gasteiger charge is -2.12. The average molecular weight is 347 g/mol. The number of nitrogens with one attached hydrogen (secondary N) is 3. The first-order valence-electron chi connectivity index (χ1n) is 7.34. The number of halogens is 1. The van der Waals surface area contributed by atoms with Crippen molar-refractivity contribution in [3.63, 3.8) is 0 Å². The van der Waals surface area contributed by atoms with E-state index >= 15 is 0 Å². The van der Waals surface area contributed by atoms with Gasteiger partial charge < -0.3 is 10.1 Å². The molecule has 0 fully saturated rings. The fraction of sp³-hybridized carbons (Fsp3) is 0.176. The summed E-state index contributed by atoms with van der Waals surface area (Å²) in [5.74, 6) is 0.136. The number of thiocarbonyl (C=S) groups is 1. The molecule has 2 aromatic rings. The van der Waals surface area contributed by atoms with Crippen LogP contribution in [0.3, 0.4) is 0 Å².